The van der Waals surface area contributed by atoms with Gasteiger partial charge >= 0.3 is 6.09 Å². The molecule has 1 aliphatic heterocycles. The Bertz CT molecular complexity index is 628. The highest BCUT2D eigenvalue weighted by Gasteiger charge is 2.46. The molecule has 0 N–H and O–H groups in total. The summed E-state index contributed by atoms with van der Waals surface area (Å²) in [4.78, 5) is 30.6. The molecule has 2 fully saturated rings. The Morgan fingerprint density at radius 1 is 1.35 bits per heavy atom. The number of hydrogen-bond acceptors (Lipinski definition) is 6. The van der Waals surface area contributed by atoms with E-state index in [1.165, 1.54) is 4.90 Å². The largest absolute Gasteiger partial charge is 0.444 e. The minimum atomic E-state index is -0.590. The van der Waals surface area contributed by atoms with Crippen LogP contribution in [0.5, 0.6) is 0 Å². The molecular formula is C16H23N3O4. The summed E-state index contributed by atoms with van der Waals surface area (Å²) in [5, 5.41) is 3.82. The van der Waals surface area contributed by atoms with Crippen LogP contribution in [0.4, 0.5) is 4.79 Å². The molecule has 0 bridgehead atoms. The first-order valence-electron chi connectivity index (χ1n) is 8.08. The van der Waals surface area contributed by atoms with Crippen molar-refractivity contribution in [2.75, 3.05) is 6.54 Å². The van der Waals surface area contributed by atoms with Crippen molar-refractivity contribution in [2.24, 2.45) is 0 Å². The van der Waals surface area contributed by atoms with Crippen LogP contribution in [0.1, 0.15) is 69.9 Å². The minimum absolute atomic E-state index is 0.0635. The molecule has 0 spiro atoms. The van der Waals surface area contributed by atoms with Gasteiger partial charge in [0.05, 0.1) is 0 Å². The molecule has 7 nitrogen and oxygen atoms in total. The summed E-state index contributed by atoms with van der Waals surface area (Å²) in [5.74, 6) is 0.309. The predicted octanol–water partition coefficient (Wildman–Crippen LogP) is 2.70. The van der Waals surface area contributed by atoms with Crippen molar-refractivity contribution in [1.29, 1.82) is 0 Å². The second-order valence-corrected chi connectivity index (χ2v) is 7.68. The molecule has 0 radical (unpaired) electrons. The highest BCUT2D eigenvalue weighted by atomic mass is 16.6. The van der Waals surface area contributed by atoms with Crippen molar-refractivity contribution in [1.82, 2.24) is 15.0 Å². The second kappa shape index (κ2) is 5.32. The van der Waals surface area contributed by atoms with E-state index < -0.39 is 17.7 Å². The monoisotopic (exact) mass is 321 g/mol. The second-order valence-electron chi connectivity index (χ2n) is 7.68. The molecule has 1 saturated carbocycles. The first-order chi connectivity index (χ1) is 10.7. The van der Waals surface area contributed by atoms with E-state index in [-0.39, 0.29) is 17.0 Å². The van der Waals surface area contributed by atoms with Gasteiger partial charge in [0.15, 0.2) is 0 Å². The SMILES string of the molecule is CC(C)(C)OC(=O)N1CCC[C@H]1C(=O)c1noc(C2(C)CC2)n1. The van der Waals surface area contributed by atoms with Crippen molar-refractivity contribution < 1.29 is 18.8 Å². The zero-order chi connectivity index (χ0) is 16.8. The molecule has 1 aromatic heterocycles. The van der Waals surface area contributed by atoms with Gasteiger partial charge in [0, 0.05) is 12.0 Å². The number of hydrogen-bond donors (Lipinski definition) is 0. The average molecular weight is 321 g/mol. The summed E-state index contributed by atoms with van der Waals surface area (Å²) in [6.07, 6.45) is 2.88. The molecule has 0 unspecified atom stereocenters. The van der Waals surface area contributed by atoms with Gasteiger partial charge in [0.25, 0.3) is 0 Å². The molecule has 3 rings (SSSR count). The van der Waals surface area contributed by atoms with Gasteiger partial charge in [-0.05, 0) is 46.5 Å². The van der Waals surface area contributed by atoms with Gasteiger partial charge in [0.2, 0.25) is 17.5 Å². The summed E-state index contributed by atoms with van der Waals surface area (Å²) >= 11 is 0. The van der Waals surface area contributed by atoms with Gasteiger partial charge in [-0.15, -0.1) is 0 Å². The quantitative estimate of drug-likeness (QED) is 0.796. The van der Waals surface area contributed by atoms with E-state index >= 15 is 0 Å². The Kier molecular flexibility index (Phi) is 3.69. The number of likely N-dealkylation sites (tertiary alicyclic amines) is 1. The first kappa shape index (κ1) is 16.0. The van der Waals surface area contributed by atoms with E-state index in [1.54, 1.807) is 20.8 Å². The van der Waals surface area contributed by atoms with E-state index in [9.17, 15) is 9.59 Å². The highest BCUT2D eigenvalue weighted by Crippen LogP contribution is 2.46. The Balaban J connectivity index is 1.73. The molecule has 1 amide bonds. The predicted molar refractivity (Wildman–Crippen MR) is 81.2 cm³/mol. The molecule has 1 atom stereocenters. The number of carbonyl (C=O) groups is 2. The number of ether oxygens (including phenoxy) is 1. The number of aromatic nitrogens is 2. The highest BCUT2D eigenvalue weighted by molar-refractivity contribution is 5.98. The fraction of sp³-hybridized carbons (Fsp3) is 0.750. The van der Waals surface area contributed by atoms with Gasteiger partial charge in [-0.1, -0.05) is 12.1 Å². The molecule has 126 valence electrons. The molecule has 7 heteroatoms. The van der Waals surface area contributed by atoms with Crippen LogP contribution >= 0.6 is 0 Å². The van der Waals surface area contributed by atoms with Crippen molar-refractivity contribution in [2.45, 2.75) is 70.4 Å². The van der Waals surface area contributed by atoms with Gasteiger partial charge in [-0.2, -0.15) is 4.98 Å². The molecule has 1 saturated heterocycles. The lowest BCUT2D eigenvalue weighted by Crippen LogP contribution is -2.43. The molecule has 2 aliphatic rings. The maximum atomic E-state index is 12.7. The lowest BCUT2D eigenvalue weighted by atomic mass is 10.1. The standard InChI is InChI=1S/C16H23N3O4/c1-15(2,3)22-14(21)19-9-5-6-10(19)11(20)12-17-13(23-18-12)16(4)7-8-16/h10H,5-9H2,1-4H3/t10-/m0/s1. The summed E-state index contributed by atoms with van der Waals surface area (Å²) in [6, 6.07) is -0.567. The first-order valence-corrected chi connectivity index (χ1v) is 8.08. The number of carbonyl (C=O) groups excluding carboxylic acids is 2. The summed E-state index contributed by atoms with van der Waals surface area (Å²) < 4.78 is 10.6. The third-order valence-corrected chi connectivity index (χ3v) is 4.35. The lowest BCUT2D eigenvalue weighted by Gasteiger charge is -2.27. The Morgan fingerprint density at radius 3 is 2.65 bits per heavy atom. The van der Waals surface area contributed by atoms with Crippen LogP contribution in [0.15, 0.2) is 4.52 Å². The van der Waals surface area contributed by atoms with Crippen LogP contribution in [0.2, 0.25) is 0 Å². The fourth-order valence-electron chi connectivity index (χ4n) is 2.70. The van der Waals surface area contributed by atoms with Crippen molar-refractivity contribution >= 4 is 11.9 Å². The zero-order valence-corrected chi connectivity index (χ0v) is 14.1. The van der Waals surface area contributed by atoms with E-state index in [0.29, 0.717) is 18.9 Å². The average Bonchev–Trinajstić information content (AvgIpc) is 2.95. The molecule has 0 aromatic carbocycles. The van der Waals surface area contributed by atoms with Crippen LogP contribution in [0.3, 0.4) is 0 Å². The number of ketones is 1. The van der Waals surface area contributed by atoms with Crippen LogP contribution in [0, 0.1) is 0 Å². The molecular weight excluding hydrogens is 298 g/mol. The molecule has 1 aliphatic carbocycles. The lowest BCUT2D eigenvalue weighted by molar-refractivity contribution is 0.0221. The minimum Gasteiger partial charge on any atom is -0.444 e. The number of nitrogens with zero attached hydrogens (tertiary/aromatic N) is 3. The molecule has 2 heterocycles. The van der Waals surface area contributed by atoms with Gasteiger partial charge in [-0.3, -0.25) is 9.69 Å². The third kappa shape index (κ3) is 3.23. The topological polar surface area (TPSA) is 85.5 Å². The van der Waals surface area contributed by atoms with E-state index in [0.717, 1.165) is 19.3 Å². The number of amides is 1. The van der Waals surface area contributed by atoms with Crippen LogP contribution in [-0.4, -0.2) is 45.1 Å². The van der Waals surface area contributed by atoms with Crippen LogP contribution < -0.4 is 0 Å². The van der Waals surface area contributed by atoms with Crippen LogP contribution in [0.25, 0.3) is 0 Å². The number of rotatable bonds is 3. The van der Waals surface area contributed by atoms with Gasteiger partial charge in [-0.25, -0.2) is 4.79 Å². The maximum absolute atomic E-state index is 12.7. The van der Waals surface area contributed by atoms with E-state index in [4.69, 9.17) is 9.26 Å². The normalized spacial score (nSPS) is 23.0. The van der Waals surface area contributed by atoms with Crippen LogP contribution in [-0.2, 0) is 10.2 Å². The Labute approximate surface area is 135 Å². The smallest absolute Gasteiger partial charge is 0.410 e. The number of Topliss-reactive ketones (excluding diaryl/α,β-unsaturated/α-hetero) is 1. The summed E-state index contributed by atoms with van der Waals surface area (Å²) in [5.41, 5.74) is -0.667. The summed E-state index contributed by atoms with van der Waals surface area (Å²) in [7, 11) is 0. The Hall–Kier alpha value is -1.92. The van der Waals surface area contributed by atoms with Crippen molar-refractivity contribution in [3.8, 4) is 0 Å². The molecule has 23 heavy (non-hydrogen) atoms. The fourth-order valence-corrected chi connectivity index (χ4v) is 2.70. The van der Waals surface area contributed by atoms with Crippen molar-refractivity contribution in [3.05, 3.63) is 11.7 Å². The van der Waals surface area contributed by atoms with E-state index in [2.05, 4.69) is 10.1 Å². The summed E-state index contributed by atoms with van der Waals surface area (Å²) in [6.45, 7) is 7.96. The third-order valence-electron chi connectivity index (χ3n) is 4.35. The maximum Gasteiger partial charge on any atom is 0.410 e. The molecule has 1 aromatic rings. The zero-order valence-electron chi connectivity index (χ0n) is 14.1. The van der Waals surface area contributed by atoms with Gasteiger partial charge in [0.1, 0.15) is 11.6 Å². The van der Waals surface area contributed by atoms with Gasteiger partial charge < -0.3 is 9.26 Å². The Morgan fingerprint density at radius 2 is 2.04 bits per heavy atom. The van der Waals surface area contributed by atoms with Crippen molar-refractivity contribution in [3.63, 3.8) is 0 Å². The van der Waals surface area contributed by atoms with E-state index in [1.807, 2.05) is 6.92 Å².